The Hall–Kier alpha value is -0.203. The number of ether oxygens (including phenoxy) is 1. The van der Waals surface area contributed by atoms with Gasteiger partial charge in [-0.15, -0.1) is 6.58 Å². The zero-order chi connectivity index (χ0) is 18.3. The van der Waals surface area contributed by atoms with Crippen molar-refractivity contribution in [2.24, 2.45) is 0 Å². The van der Waals surface area contributed by atoms with E-state index in [0.717, 1.165) is 6.42 Å². The summed E-state index contributed by atoms with van der Waals surface area (Å²) in [5.74, 6) is 0. The molecule has 2 aliphatic rings. The van der Waals surface area contributed by atoms with Crippen molar-refractivity contribution in [3.63, 3.8) is 0 Å². The molecule has 0 radical (unpaired) electrons. The van der Waals surface area contributed by atoms with Crippen LogP contribution >= 0.6 is 0 Å². The fraction of sp³-hybridized carbons (Fsp3) is 0.895. The molecule has 0 aromatic rings. The average Bonchev–Trinajstić information content (AvgIpc) is 2.98. The summed E-state index contributed by atoms with van der Waals surface area (Å²) in [7, 11) is -0.266. The first-order chi connectivity index (χ1) is 11.1. The second kappa shape index (κ2) is 6.84. The summed E-state index contributed by atoms with van der Waals surface area (Å²) in [6, 6.07) is 0.273. The predicted molar refractivity (Wildman–Crippen MR) is 102 cm³/mol. The van der Waals surface area contributed by atoms with Crippen LogP contribution < -0.4 is 5.32 Å². The van der Waals surface area contributed by atoms with Crippen molar-refractivity contribution in [2.75, 3.05) is 13.7 Å². The first-order valence-corrected chi connectivity index (χ1v) is 11.5. The third-order valence-corrected chi connectivity index (χ3v) is 12.8. The van der Waals surface area contributed by atoms with Crippen LogP contribution in [0.5, 0.6) is 0 Å². The fourth-order valence-corrected chi connectivity index (χ4v) is 11.1. The highest BCUT2D eigenvalue weighted by atomic mass is 28.4. The molecule has 0 aliphatic carbocycles. The van der Waals surface area contributed by atoms with Crippen molar-refractivity contribution in [3.8, 4) is 0 Å². The molecule has 2 fully saturated rings. The number of rotatable bonds is 8. The summed E-state index contributed by atoms with van der Waals surface area (Å²) in [6.07, 6.45) is 3.27. The van der Waals surface area contributed by atoms with Crippen molar-refractivity contribution in [1.82, 2.24) is 5.32 Å². The summed E-state index contributed by atoms with van der Waals surface area (Å²) < 4.78 is 12.6. The predicted octanol–water partition coefficient (Wildman–Crippen LogP) is 3.62. The maximum atomic E-state index is 11.2. The molecular formula is C19H37NO3Si. The van der Waals surface area contributed by atoms with Gasteiger partial charge in [0.25, 0.3) is 0 Å². The van der Waals surface area contributed by atoms with Crippen LogP contribution in [0.4, 0.5) is 0 Å². The molecule has 0 saturated carbocycles. The van der Waals surface area contributed by atoms with Crippen LogP contribution in [0, 0.1) is 0 Å². The number of nitrogens with one attached hydrogen (secondary N) is 1. The maximum absolute atomic E-state index is 11.2. The van der Waals surface area contributed by atoms with E-state index < -0.39 is 19.5 Å². The van der Waals surface area contributed by atoms with Gasteiger partial charge in [0.15, 0.2) is 8.32 Å². The molecule has 0 aromatic carbocycles. The Kier molecular flexibility index (Phi) is 5.73. The molecule has 2 N–H and O–H groups in total. The molecule has 4 nitrogen and oxygen atoms in total. The number of fused-ring (bicyclic) bond motifs is 2. The lowest BCUT2D eigenvalue weighted by molar-refractivity contribution is -0.0876. The normalized spacial score (nSPS) is 36.3. The maximum Gasteiger partial charge on any atom is 0.200 e. The smallest absolute Gasteiger partial charge is 0.200 e. The second-order valence-corrected chi connectivity index (χ2v) is 14.2. The van der Waals surface area contributed by atoms with Gasteiger partial charge >= 0.3 is 0 Å². The van der Waals surface area contributed by atoms with E-state index in [1.165, 1.54) is 0 Å². The zero-order valence-electron chi connectivity index (χ0n) is 16.6. The number of hydrogen-bond acceptors (Lipinski definition) is 4. The number of methoxy groups -OCH3 is 1. The molecule has 0 aromatic heterocycles. The summed E-state index contributed by atoms with van der Waals surface area (Å²) in [6.45, 7) is 18.1. The van der Waals surface area contributed by atoms with Crippen molar-refractivity contribution in [3.05, 3.63) is 12.7 Å². The van der Waals surface area contributed by atoms with E-state index in [9.17, 15) is 5.11 Å². The van der Waals surface area contributed by atoms with E-state index >= 15 is 0 Å². The lowest BCUT2D eigenvalue weighted by Gasteiger charge is -2.49. The standard InChI is InChI=1S/C19H37NO3Si/c1-9-18(21)11-16-10-17(22-8)19(18,20-16)12-23-24(13(2)3,14(4)5)15(6)7/h9,13-17,20-21H,1,10-12H2,2-8H3/t16-,17-,18?,19+/m0/s1. The van der Waals surface area contributed by atoms with Gasteiger partial charge in [-0.25, -0.2) is 0 Å². The van der Waals surface area contributed by atoms with Gasteiger partial charge in [-0.2, -0.15) is 0 Å². The van der Waals surface area contributed by atoms with Gasteiger partial charge in [-0.1, -0.05) is 47.6 Å². The Labute approximate surface area is 149 Å². The molecule has 140 valence electrons. The lowest BCUT2D eigenvalue weighted by Crippen LogP contribution is -2.66. The quantitative estimate of drug-likeness (QED) is 0.516. The van der Waals surface area contributed by atoms with Crippen LogP contribution in [-0.4, -0.2) is 50.4 Å². The summed E-state index contributed by atoms with van der Waals surface area (Å²) in [4.78, 5) is 0. The highest BCUT2D eigenvalue weighted by Crippen LogP contribution is 2.49. The zero-order valence-corrected chi connectivity index (χ0v) is 17.6. The van der Waals surface area contributed by atoms with Crippen LogP contribution in [-0.2, 0) is 9.16 Å². The second-order valence-electron chi connectivity index (χ2n) is 8.71. The third kappa shape index (κ3) is 2.73. The largest absolute Gasteiger partial charge is 0.414 e. The van der Waals surface area contributed by atoms with Crippen LogP contribution in [0.25, 0.3) is 0 Å². The monoisotopic (exact) mass is 355 g/mol. The fourth-order valence-electron chi connectivity index (χ4n) is 5.63. The van der Waals surface area contributed by atoms with E-state index in [-0.39, 0.29) is 12.1 Å². The number of hydrogen-bond donors (Lipinski definition) is 2. The highest BCUT2D eigenvalue weighted by molar-refractivity contribution is 6.77. The Balaban J connectivity index is 2.34. The van der Waals surface area contributed by atoms with Crippen LogP contribution in [0.1, 0.15) is 54.4 Å². The molecule has 1 unspecified atom stereocenters. The Bertz CT molecular complexity index is 446. The van der Waals surface area contributed by atoms with Gasteiger partial charge in [0.05, 0.1) is 18.2 Å². The van der Waals surface area contributed by atoms with Gasteiger partial charge < -0.3 is 19.6 Å². The van der Waals surface area contributed by atoms with Crippen molar-refractivity contribution in [2.45, 2.75) is 94.3 Å². The molecule has 2 heterocycles. The Morgan fingerprint density at radius 2 is 1.75 bits per heavy atom. The van der Waals surface area contributed by atoms with Gasteiger partial charge in [-0.3, -0.25) is 0 Å². The van der Waals surface area contributed by atoms with Crippen molar-refractivity contribution >= 4 is 8.32 Å². The van der Waals surface area contributed by atoms with E-state index in [4.69, 9.17) is 9.16 Å². The molecule has 0 spiro atoms. The summed E-state index contributed by atoms with van der Waals surface area (Å²) in [5, 5.41) is 14.9. The summed E-state index contributed by atoms with van der Waals surface area (Å²) in [5.41, 5.74) is 0.00760. The van der Waals surface area contributed by atoms with Crippen LogP contribution in [0.2, 0.25) is 16.6 Å². The average molecular weight is 356 g/mol. The minimum Gasteiger partial charge on any atom is -0.414 e. The molecule has 2 rings (SSSR count). The van der Waals surface area contributed by atoms with Crippen LogP contribution in [0.3, 0.4) is 0 Å². The van der Waals surface area contributed by atoms with E-state index in [1.54, 1.807) is 13.2 Å². The molecule has 2 bridgehead atoms. The molecule has 0 amide bonds. The van der Waals surface area contributed by atoms with Gasteiger partial charge in [0, 0.05) is 13.2 Å². The van der Waals surface area contributed by atoms with Gasteiger partial charge in [0.1, 0.15) is 5.60 Å². The molecular weight excluding hydrogens is 318 g/mol. The SMILES string of the molecule is C=CC1(O)C[C@@H]2C[C@H](OC)[C@@]1(CO[Si](C(C)C)(C(C)C)C(C)C)N2. The molecule has 5 heteroatoms. The highest BCUT2D eigenvalue weighted by Gasteiger charge is 2.66. The molecule has 4 atom stereocenters. The van der Waals surface area contributed by atoms with E-state index in [2.05, 4.69) is 53.4 Å². The Morgan fingerprint density at radius 3 is 2.17 bits per heavy atom. The van der Waals surface area contributed by atoms with Crippen LogP contribution in [0.15, 0.2) is 12.7 Å². The summed E-state index contributed by atoms with van der Waals surface area (Å²) >= 11 is 0. The van der Waals surface area contributed by atoms with Crippen molar-refractivity contribution in [1.29, 1.82) is 0 Å². The molecule has 2 aliphatic heterocycles. The first-order valence-electron chi connectivity index (χ1n) is 9.40. The minimum atomic E-state index is -2.00. The van der Waals surface area contributed by atoms with Gasteiger partial charge in [-0.05, 0) is 29.5 Å². The first kappa shape index (κ1) is 20.1. The van der Waals surface area contributed by atoms with Crippen molar-refractivity contribution < 1.29 is 14.3 Å². The van der Waals surface area contributed by atoms with E-state index in [1.807, 2.05) is 0 Å². The van der Waals surface area contributed by atoms with Gasteiger partial charge in [0.2, 0.25) is 0 Å². The minimum absolute atomic E-state index is 0.0440. The van der Waals surface area contributed by atoms with E-state index in [0.29, 0.717) is 29.7 Å². The molecule has 2 saturated heterocycles. The Morgan fingerprint density at radius 1 is 1.21 bits per heavy atom. The topological polar surface area (TPSA) is 50.7 Å². The number of aliphatic hydroxyl groups is 1. The molecule has 24 heavy (non-hydrogen) atoms. The lowest BCUT2D eigenvalue weighted by atomic mass is 9.72. The third-order valence-electron chi connectivity index (χ3n) is 6.72.